The van der Waals surface area contributed by atoms with E-state index in [1.54, 1.807) is 0 Å². The molecule has 0 fully saturated rings. The second-order valence-electron chi connectivity index (χ2n) is 17.0. The maximum Gasteiger partial charge on any atom is 0.139 e. The van der Waals surface area contributed by atoms with Crippen LogP contribution in [-0.2, 0) is 10.8 Å². The van der Waals surface area contributed by atoms with Crippen LogP contribution in [0.15, 0.2) is 192 Å². The third-order valence-electron chi connectivity index (χ3n) is 12.9. The van der Waals surface area contributed by atoms with Gasteiger partial charge in [0.1, 0.15) is 11.3 Å². The number of furan rings is 1. The zero-order chi connectivity index (χ0) is 39.2. The van der Waals surface area contributed by atoms with Gasteiger partial charge in [0.15, 0.2) is 0 Å². The monoisotopic (exact) mass is 745 g/mol. The number of benzene rings is 8. The second-order valence-corrected chi connectivity index (χ2v) is 17.0. The molecule has 0 spiro atoms. The molecule has 2 aliphatic carbocycles. The maximum absolute atomic E-state index is 6.47. The van der Waals surface area contributed by atoms with Gasteiger partial charge in [-0.25, -0.2) is 0 Å². The Morgan fingerprint density at radius 1 is 0.362 bits per heavy atom. The first-order chi connectivity index (χ1) is 28.3. The molecule has 278 valence electrons. The number of hydrogen-bond donors (Lipinski definition) is 0. The summed E-state index contributed by atoms with van der Waals surface area (Å²) in [4.78, 5) is 2.40. The van der Waals surface area contributed by atoms with E-state index in [4.69, 9.17) is 4.42 Å². The molecule has 0 saturated heterocycles. The standard InChI is InChI=1S/C56H43NO/c1-55(2)49-33-40(41-24-31-47-50(34-41)56(3,4)53-48-17-11-12-18-52(48)58-54(47)53)23-30-45(49)46-32-29-44(35-51(46)55)57(42-25-19-38(20-26-42)36-13-7-5-8-14-36)43-27-21-39(22-28-43)37-15-9-6-10-16-37/h5-35H,1-4H3. The molecule has 11 rings (SSSR count). The summed E-state index contributed by atoms with van der Waals surface area (Å²) in [6.45, 7) is 9.44. The molecule has 0 bridgehead atoms. The van der Waals surface area contributed by atoms with Crippen LogP contribution in [0.1, 0.15) is 49.9 Å². The Morgan fingerprint density at radius 2 is 0.793 bits per heavy atom. The van der Waals surface area contributed by atoms with E-state index in [2.05, 4.69) is 221 Å². The van der Waals surface area contributed by atoms with Gasteiger partial charge in [-0.05, 0) is 116 Å². The Balaban J connectivity index is 0.969. The normalized spacial score (nSPS) is 14.1. The van der Waals surface area contributed by atoms with Crippen molar-refractivity contribution in [2.45, 2.75) is 38.5 Å². The van der Waals surface area contributed by atoms with Gasteiger partial charge in [-0.1, -0.05) is 161 Å². The summed E-state index contributed by atoms with van der Waals surface area (Å²) >= 11 is 0. The summed E-state index contributed by atoms with van der Waals surface area (Å²) in [5.41, 5.74) is 20.5. The summed E-state index contributed by atoms with van der Waals surface area (Å²) in [7, 11) is 0. The first-order valence-corrected chi connectivity index (χ1v) is 20.3. The lowest BCUT2D eigenvalue weighted by Gasteiger charge is -2.28. The molecule has 0 amide bonds. The van der Waals surface area contributed by atoms with E-state index in [0.29, 0.717) is 0 Å². The Labute approximate surface area is 340 Å². The SMILES string of the molecule is CC1(C)c2cc(-c3ccc4c(c3)C(C)(C)c3c-4oc4ccccc34)ccc2-c2ccc(N(c3ccc(-c4ccccc4)cc3)c3ccc(-c4ccccc4)cc3)cc21. The Bertz CT molecular complexity index is 2940. The van der Waals surface area contributed by atoms with Crippen molar-refractivity contribution in [1.82, 2.24) is 0 Å². The number of hydrogen-bond acceptors (Lipinski definition) is 2. The van der Waals surface area contributed by atoms with E-state index in [-0.39, 0.29) is 10.8 Å². The fraction of sp³-hybridized carbons (Fsp3) is 0.107. The molecule has 2 nitrogen and oxygen atoms in total. The molecule has 9 aromatic rings. The van der Waals surface area contributed by atoms with Crippen LogP contribution in [0.4, 0.5) is 17.1 Å². The molecule has 0 atom stereocenters. The van der Waals surface area contributed by atoms with Gasteiger partial charge >= 0.3 is 0 Å². The summed E-state index contributed by atoms with van der Waals surface area (Å²) in [5, 5.41) is 1.21. The van der Waals surface area contributed by atoms with Gasteiger partial charge < -0.3 is 9.32 Å². The van der Waals surface area contributed by atoms with Crippen LogP contribution in [-0.4, -0.2) is 0 Å². The maximum atomic E-state index is 6.47. The van der Waals surface area contributed by atoms with E-state index >= 15 is 0 Å². The number of rotatable bonds is 6. The van der Waals surface area contributed by atoms with E-state index in [1.807, 2.05) is 0 Å². The first-order valence-electron chi connectivity index (χ1n) is 20.3. The topological polar surface area (TPSA) is 16.4 Å². The van der Waals surface area contributed by atoms with Gasteiger partial charge in [-0.3, -0.25) is 0 Å². The number of anilines is 3. The van der Waals surface area contributed by atoms with Gasteiger partial charge in [0.25, 0.3) is 0 Å². The summed E-state index contributed by atoms with van der Waals surface area (Å²) in [6.07, 6.45) is 0. The number of nitrogens with zero attached hydrogens (tertiary/aromatic N) is 1. The highest BCUT2D eigenvalue weighted by atomic mass is 16.3. The van der Waals surface area contributed by atoms with Gasteiger partial charge in [0, 0.05) is 44.4 Å². The van der Waals surface area contributed by atoms with Crippen molar-refractivity contribution in [1.29, 1.82) is 0 Å². The molecule has 1 aromatic heterocycles. The molecule has 0 radical (unpaired) electrons. The molecular formula is C56H43NO. The van der Waals surface area contributed by atoms with E-state index in [9.17, 15) is 0 Å². The molecular weight excluding hydrogens is 703 g/mol. The Morgan fingerprint density at radius 3 is 1.38 bits per heavy atom. The molecule has 0 saturated carbocycles. The van der Waals surface area contributed by atoms with Crippen molar-refractivity contribution in [3.8, 4) is 55.8 Å². The molecule has 2 aliphatic rings. The quantitative estimate of drug-likeness (QED) is 0.169. The van der Waals surface area contributed by atoms with Crippen molar-refractivity contribution < 1.29 is 4.42 Å². The summed E-state index contributed by atoms with van der Waals surface area (Å²) in [5.74, 6) is 1.02. The minimum absolute atomic E-state index is 0.161. The summed E-state index contributed by atoms with van der Waals surface area (Å²) in [6, 6.07) is 68.7. The molecule has 58 heavy (non-hydrogen) atoms. The highest BCUT2D eigenvalue weighted by Crippen LogP contribution is 2.55. The average molecular weight is 746 g/mol. The van der Waals surface area contributed by atoms with Crippen molar-refractivity contribution >= 4 is 28.0 Å². The predicted octanol–water partition coefficient (Wildman–Crippen LogP) is 15.5. The molecule has 8 aromatic carbocycles. The van der Waals surface area contributed by atoms with Crippen molar-refractivity contribution in [3.05, 3.63) is 210 Å². The Kier molecular flexibility index (Phi) is 7.59. The van der Waals surface area contributed by atoms with Gasteiger partial charge in [-0.2, -0.15) is 0 Å². The largest absolute Gasteiger partial charge is 0.456 e. The lowest BCUT2D eigenvalue weighted by molar-refractivity contribution is 0.619. The van der Waals surface area contributed by atoms with Crippen LogP contribution < -0.4 is 4.90 Å². The molecule has 2 heteroatoms. The molecule has 0 N–H and O–H groups in total. The van der Waals surface area contributed by atoms with Gasteiger partial charge in [0.05, 0.1) is 0 Å². The fourth-order valence-electron chi connectivity index (χ4n) is 9.79. The Hall–Kier alpha value is -6.90. The van der Waals surface area contributed by atoms with Crippen LogP contribution in [0.2, 0.25) is 0 Å². The zero-order valence-electron chi connectivity index (χ0n) is 33.3. The third kappa shape index (κ3) is 5.25. The zero-order valence-corrected chi connectivity index (χ0v) is 33.3. The van der Waals surface area contributed by atoms with Crippen LogP contribution in [0.3, 0.4) is 0 Å². The predicted molar refractivity (Wildman–Crippen MR) is 242 cm³/mol. The molecule has 0 unspecified atom stereocenters. The molecule has 1 heterocycles. The fourth-order valence-corrected chi connectivity index (χ4v) is 9.79. The van der Waals surface area contributed by atoms with E-state index in [0.717, 1.165) is 28.4 Å². The lowest BCUT2D eigenvalue weighted by atomic mass is 9.79. The van der Waals surface area contributed by atoms with E-state index in [1.165, 1.54) is 77.7 Å². The van der Waals surface area contributed by atoms with Crippen LogP contribution in [0, 0.1) is 0 Å². The van der Waals surface area contributed by atoms with Crippen molar-refractivity contribution in [2.75, 3.05) is 4.90 Å². The van der Waals surface area contributed by atoms with Crippen LogP contribution in [0.5, 0.6) is 0 Å². The number of fused-ring (bicyclic) bond motifs is 8. The lowest BCUT2D eigenvalue weighted by Crippen LogP contribution is -2.17. The van der Waals surface area contributed by atoms with E-state index < -0.39 is 0 Å². The first kappa shape index (κ1) is 34.4. The van der Waals surface area contributed by atoms with Crippen molar-refractivity contribution in [2.24, 2.45) is 0 Å². The number of para-hydroxylation sites is 1. The van der Waals surface area contributed by atoms with Gasteiger partial charge in [0.2, 0.25) is 0 Å². The minimum atomic E-state index is -0.201. The molecule has 0 aliphatic heterocycles. The minimum Gasteiger partial charge on any atom is -0.456 e. The smallest absolute Gasteiger partial charge is 0.139 e. The highest BCUT2D eigenvalue weighted by molar-refractivity contribution is 5.95. The second kappa shape index (κ2) is 12.8. The average Bonchev–Trinajstić information content (AvgIpc) is 3.85. The van der Waals surface area contributed by atoms with Crippen LogP contribution in [0.25, 0.3) is 66.8 Å². The highest BCUT2D eigenvalue weighted by Gasteiger charge is 2.41. The summed E-state index contributed by atoms with van der Waals surface area (Å²) < 4.78 is 6.47. The van der Waals surface area contributed by atoms with Crippen molar-refractivity contribution in [3.63, 3.8) is 0 Å². The van der Waals surface area contributed by atoms with Gasteiger partial charge in [-0.15, -0.1) is 0 Å². The van der Waals surface area contributed by atoms with Crippen LogP contribution >= 0.6 is 0 Å². The third-order valence-corrected chi connectivity index (χ3v) is 12.9.